The van der Waals surface area contributed by atoms with Crippen LogP contribution in [-0.4, -0.2) is 52.5 Å². The van der Waals surface area contributed by atoms with Gasteiger partial charge in [-0.3, -0.25) is 9.59 Å². The van der Waals surface area contributed by atoms with E-state index in [0.29, 0.717) is 17.9 Å². The number of anilines is 1. The molecule has 2 atom stereocenters. The molecule has 3 rings (SSSR count). The van der Waals surface area contributed by atoms with E-state index in [-0.39, 0.29) is 17.9 Å². The van der Waals surface area contributed by atoms with Gasteiger partial charge in [-0.25, -0.2) is 4.79 Å². The predicted molar refractivity (Wildman–Crippen MR) is 154 cm³/mol. The molecule has 2 N–H and O–H groups in total. The molecular formula is C30H41N3O4S. The highest BCUT2D eigenvalue weighted by Crippen LogP contribution is 2.37. The number of nitrogens with zero attached hydrogens (tertiary/aromatic N) is 1. The molecule has 1 aliphatic rings. The van der Waals surface area contributed by atoms with Crippen LogP contribution in [-0.2, 0) is 14.3 Å². The van der Waals surface area contributed by atoms with Crippen molar-refractivity contribution in [2.45, 2.75) is 84.5 Å². The van der Waals surface area contributed by atoms with Crippen LogP contribution in [0.3, 0.4) is 0 Å². The summed E-state index contributed by atoms with van der Waals surface area (Å²) in [5, 5.41) is 5.88. The molecule has 0 radical (unpaired) electrons. The zero-order valence-electron chi connectivity index (χ0n) is 23.6. The van der Waals surface area contributed by atoms with Crippen LogP contribution < -0.4 is 10.6 Å². The lowest BCUT2D eigenvalue weighted by molar-refractivity contribution is -0.141. The highest BCUT2D eigenvalue weighted by Gasteiger charge is 2.44. The van der Waals surface area contributed by atoms with Gasteiger partial charge in [0.15, 0.2) is 0 Å². The van der Waals surface area contributed by atoms with Gasteiger partial charge in [0.05, 0.1) is 0 Å². The van der Waals surface area contributed by atoms with Gasteiger partial charge in [0.25, 0.3) is 5.91 Å². The first-order valence-corrected chi connectivity index (χ1v) is 14.5. The number of nitrogens with one attached hydrogen (secondary N) is 2. The van der Waals surface area contributed by atoms with Gasteiger partial charge in [0.2, 0.25) is 5.91 Å². The SMILES string of the molecule is CSCCC(NC(=O)OC(C)(C)C)C(=O)N(C1CC1)C(C(=O)Nc1ccccc1C)c1ccc(C)cc1C. The molecule has 1 fully saturated rings. The molecule has 0 heterocycles. The number of benzene rings is 2. The summed E-state index contributed by atoms with van der Waals surface area (Å²) in [6.45, 7) is 11.3. The van der Waals surface area contributed by atoms with Gasteiger partial charge in [-0.05, 0) is 95.6 Å². The first-order chi connectivity index (χ1) is 17.9. The summed E-state index contributed by atoms with van der Waals surface area (Å²) in [5.41, 5.74) is 3.76. The quantitative estimate of drug-likeness (QED) is 0.391. The van der Waals surface area contributed by atoms with Crippen LogP contribution in [0.15, 0.2) is 42.5 Å². The number of ether oxygens (including phenoxy) is 1. The van der Waals surface area contributed by atoms with Gasteiger partial charge < -0.3 is 20.3 Å². The van der Waals surface area contributed by atoms with Crippen LogP contribution in [0.25, 0.3) is 0 Å². The van der Waals surface area contributed by atoms with Crippen LogP contribution in [0.2, 0.25) is 0 Å². The maximum Gasteiger partial charge on any atom is 0.408 e. The summed E-state index contributed by atoms with van der Waals surface area (Å²) in [5.74, 6) is 0.138. The summed E-state index contributed by atoms with van der Waals surface area (Å²) in [6.07, 6.45) is 3.38. The number of amides is 3. The Hall–Kier alpha value is -3.00. The molecule has 206 valence electrons. The van der Waals surface area contributed by atoms with Crippen molar-refractivity contribution >= 4 is 35.4 Å². The summed E-state index contributed by atoms with van der Waals surface area (Å²) in [4.78, 5) is 42.6. The number of alkyl carbamates (subject to hydrolysis) is 1. The zero-order valence-corrected chi connectivity index (χ0v) is 24.4. The number of hydrogen-bond donors (Lipinski definition) is 2. The minimum atomic E-state index is -0.840. The van der Waals surface area contributed by atoms with E-state index in [1.165, 1.54) is 0 Å². The smallest absolute Gasteiger partial charge is 0.408 e. The van der Waals surface area contributed by atoms with Crippen molar-refractivity contribution in [1.29, 1.82) is 0 Å². The molecule has 2 unspecified atom stereocenters. The monoisotopic (exact) mass is 539 g/mol. The number of para-hydroxylation sites is 1. The fourth-order valence-corrected chi connectivity index (χ4v) is 4.93. The third-order valence-corrected chi connectivity index (χ3v) is 7.09. The lowest BCUT2D eigenvalue weighted by Crippen LogP contribution is -2.53. The molecule has 1 saturated carbocycles. The normalized spacial score (nSPS) is 14.8. The summed E-state index contributed by atoms with van der Waals surface area (Å²) in [7, 11) is 0. The zero-order chi connectivity index (χ0) is 28.0. The Morgan fingerprint density at radius 1 is 1.05 bits per heavy atom. The number of carbonyl (C=O) groups excluding carboxylic acids is 3. The van der Waals surface area contributed by atoms with Crippen molar-refractivity contribution in [3.8, 4) is 0 Å². The fourth-order valence-electron chi connectivity index (χ4n) is 4.46. The number of aryl methyl sites for hydroxylation is 3. The fraction of sp³-hybridized carbons (Fsp3) is 0.500. The molecule has 3 amide bonds. The highest BCUT2D eigenvalue weighted by molar-refractivity contribution is 7.98. The molecule has 0 aromatic heterocycles. The van der Waals surface area contributed by atoms with E-state index >= 15 is 0 Å². The van der Waals surface area contributed by atoms with E-state index in [0.717, 1.165) is 35.1 Å². The van der Waals surface area contributed by atoms with Crippen molar-refractivity contribution < 1.29 is 19.1 Å². The molecule has 38 heavy (non-hydrogen) atoms. The average molecular weight is 540 g/mol. The Kier molecular flexibility index (Phi) is 9.88. The third-order valence-electron chi connectivity index (χ3n) is 6.44. The molecule has 1 aliphatic carbocycles. The van der Waals surface area contributed by atoms with Gasteiger partial charge in [-0.1, -0.05) is 42.0 Å². The number of rotatable bonds is 10. The Morgan fingerprint density at radius 3 is 2.32 bits per heavy atom. The second kappa shape index (κ2) is 12.7. The van der Waals surface area contributed by atoms with Crippen molar-refractivity contribution in [2.75, 3.05) is 17.3 Å². The van der Waals surface area contributed by atoms with Crippen LogP contribution in [0.5, 0.6) is 0 Å². The Labute approximate surface area is 231 Å². The largest absolute Gasteiger partial charge is 0.444 e. The van der Waals surface area contributed by atoms with Gasteiger partial charge >= 0.3 is 6.09 Å². The molecule has 0 bridgehead atoms. The average Bonchev–Trinajstić information content (AvgIpc) is 3.65. The molecule has 2 aromatic carbocycles. The lowest BCUT2D eigenvalue weighted by Gasteiger charge is -2.35. The van der Waals surface area contributed by atoms with E-state index in [2.05, 4.69) is 10.6 Å². The van der Waals surface area contributed by atoms with Crippen molar-refractivity contribution in [2.24, 2.45) is 0 Å². The third kappa shape index (κ3) is 8.00. The second-order valence-corrected chi connectivity index (χ2v) is 12.0. The van der Waals surface area contributed by atoms with Crippen LogP contribution >= 0.6 is 11.8 Å². The Balaban J connectivity index is 2.01. The first kappa shape index (κ1) is 29.6. The molecular weight excluding hydrogens is 498 g/mol. The van der Waals surface area contributed by atoms with Gasteiger partial charge in [-0.2, -0.15) is 11.8 Å². The number of carbonyl (C=O) groups is 3. The van der Waals surface area contributed by atoms with Gasteiger partial charge in [0, 0.05) is 11.7 Å². The summed E-state index contributed by atoms with van der Waals surface area (Å²) < 4.78 is 5.46. The van der Waals surface area contributed by atoms with Gasteiger partial charge in [0.1, 0.15) is 17.7 Å². The second-order valence-electron chi connectivity index (χ2n) is 11.0. The predicted octanol–water partition coefficient (Wildman–Crippen LogP) is 5.93. The van der Waals surface area contributed by atoms with E-state index in [1.807, 2.05) is 69.5 Å². The summed E-state index contributed by atoms with van der Waals surface area (Å²) in [6, 6.07) is 11.8. The molecule has 8 heteroatoms. The maximum atomic E-state index is 14.2. The van der Waals surface area contributed by atoms with Crippen molar-refractivity contribution in [3.05, 3.63) is 64.7 Å². The van der Waals surface area contributed by atoms with E-state index < -0.39 is 23.8 Å². The molecule has 0 aliphatic heterocycles. The molecule has 2 aromatic rings. The number of hydrogen-bond acceptors (Lipinski definition) is 5. The molecule has 0 saturated heterocycles. The van der Waals surface area contributed by atoms with E-state index in [9.17, 15) is 14.4 Å². The highest BCUT2D eigenvalue weighted by atomic mass is 32.2. The van der Waals surface area contributed by atoms with Crippen LogP contribution in [0, 0.1) is 20.8 Å². The topological polar surface area (TPSA) is 87.7 Å². The lowest BCUT2D eigenvalue weighted by atomic mass is 9.96. The van der Waals surface area contributed by atoms with E-state index in [4.69, 9.17) is 4.74 Å². The van der Waals surface area contributed by atoms with Gasteiger partial charge in [-0.15, -0.1) is 0 Å². The minimum Gasteiger partial charge on any atom is -0.444 e. The minimum absolute atomic E-state index is 0.0759. The van der Waals surface area contributed by atoms with E-state index in [1.54, 1.807) is 37.4 Å². The number of thioether (sulfide) groups is 1. The molecule has 0 spiro atoms. The first-order valence-electron chi connectivity index (χ1n) is 13.2. The standard InChI is InChI=1S/C30H41N3O4S/c1-19-12-15-23(21(3)18-19)26(27(34)31-24-11-9-8-10-20(24)2)33(22-13-14-22)28(35)25(16-17-38-7)32-29(36)37-30(4,5)6/h8-12,15,18,22,25-26H,13-14,16-17H2,1-7H3,(H,31,34)(H,32,36). The van der Waals surface area contributed by atoms with Crippen molar-refractivity contribution in [3.63, 3.8) is 0 Å². The van der Waals surface area contributed by atoms with Crippen LogP contribution in [0.4, 0.5) is 10.5 Å². The van der Waals surface area contributed by atoms with Crippen molar-refractivity contribution in [1.82, 2.24) is 10.2 Å². The maximum absolute atomic E-state index is 14.2. The summed E-state index contributed by atoms with van der Waals surface area (Å²) >= 11 is 1.60. The van der Waals surface area contributed by atoms with Crippen LogP contribution in [0.1, 0.15) is 68.3 Å². The molecule has 7 nitrogen and oxygen atoms in total. The Bertz CT molecular complexity index is 1160. The Morgan fingerprint density at radius 2 is 1.74 bits per heavy atom.